The molecular weight excluding hydrogens is 508 g/mol. The third-order valence-corrected chi connectivity index (χ3v) is 11.9. The molecule has 202 valence electrons. The summed E-state index contributed by atoms with van der Waals surface area (Å²) in [6.07, 6.45) is 7.91. The lowest BCUT2D eigenvalue weighted by molar-refractivity contribution is -0.172. The Labute approximate surface area is 228 Å². The minimum absolute atomic E-state index is 0.118. The van der Waals surface area contributed by atoms with E-state index in [2.05, 4.69) is 28.7 Å². The van der Waals surface area contributed by atoms with Crippen molar-refractivity contribution in [2.75, 3.05) is 0 Å². The molecule has 2 aliphatic heterocycles. The van der Waals surface area contributed by atoms with Crippen LogP contribution in [-0.4, -0.2) is 38.3 Å². The van der Waals surface area contributed by atoms with Gasteiger partial charge in [0.1, 0.15) is 6.61 Å². The monoisotopic (exact) mass is 542 g/mol. The van der Waals surface area contributed by atoms with Crippen molar-refractivity contribution < 1.29 is 14.6 Å². The maximum Gasteiger partial charge on any atom is 0.343 e. The third kappa shape index (κ3) is 4.33. The van der Waals surface area contributed by atoms with E-state index >= 15 is 0 Å². The van der Waals surface area contributed by atoms with Crippen LogP contribution in [0.1, 0.15) is 42.0 Å². The number of imidazole rings is 1. The molecule has 5 heterocycles. The van der Waals surface area contributed by atoms with Crippen molar-refractivity contribution in [2.24, 2.45) is 0 Å². The number of aliphatic hydroxyl groups is 1. The van der Waals surface area contributed by atoms with E-state index in [1.807, 2.05) is 36.9 Å². The van der Waals surface area contributed by atoms with Crippen LogP contribution >= 0.6 is 0 Å². The Bertz CT molecular complexity index is 1640. The summed E-state index contributed by atoms with van der Waals surface area (Å²) < 4.78 is 9.11. The molecule has 0 fully saturated rings. The molecule has 1 N–H and O–H groups in total. The number of aryl methyl sites for hydroxylation is 2. The van der Waals surface area contributed by atoms with Crippen molar-refractivity contribution in [3.8, 4) is 11.4 Å². The molecule has 0 bridgehead atoms. The van der Waals surface area contributed by atoms with E-state index in [0.717, 1.165) is 47.6 Å². The molecule has 2 aliphatic rings. The number of nitrogens with zero attached hydrogens (tertiary/aromatic N) is 4. The Kier molecular flexibility index (Phi) is 6.30. The first kappa shape index (κ1) is 25.7. The maximum absolute atomic E-state index is 13.7. The van der Waals surface area contributed by atoms with Crippen molar-refractivity contribution in [2.45, 2.75) is 76.7 Å². The summed E-state index contributed by atoms with van der Waals surface area (Å²) in [5.74, 6) is -0.701. The number of esters is 1. The average molecular weight is 543 g/mol. The number of cyclic esters (lactones) is 1. The zero-order valence-electron chi connectivity index (χ0n) is 22.7. The second-order valence-corrected chi connectivity index (χ2v) is 16.9. The highest BCUT2D eigenvalue weighted by Gasteiger charge is 2.45. The Morgan fingerprint density at radius 1 is 1.15 bits per heavy atom. The smallest absolute Gasteiger partial charge is 0.343 e. The fraction of sp³-hybridized carbons (Fsp3) is 0.400. The van der Waals surface area contributed by atoms with Crippen LogP contribution in [-0.2, 0) is 41.2 Å². The number of hydrogen-bond donors (Lipinski definition) is 1. The molecule has 39 heavy (non-hydrogen) atoms. The minimum atomic E-state index is -1.82. The highest BCUT2D eigenvalue weighted by Crippen LogP contribution is 2.40. The number of carbonyl (C=O) groups excluding carboxylic acids is 1. The molecule has 1 aromatic carbocycles. The van der Waals surface area contributed by atoms with E-state index in [-0.39, 0.29) is 18.6 Å². The van der Waals surface area contributed by atoms with Gasteiger partial charge in [0.05, 0.1) is 35.3 Å². The van der Waals surface area contributed by atoms with Crippen LogP contribution < -0.4 is 5.56 Å². The zero-order valence-corrected chi connectivity index (χ0v) is 23.7. The predicted molar refractivity (Wildman–Crippen MR) is 152 cm³/mol. The van der Waals surface area contributed by atoms with Crippen LogP contribution in [0.5, 0.6) is 0 Å². The third-order valence-electron chi connectivity index (χ3n) is 8.59. The number of benzene rings is 1. The summed E-state index contributed by atoms with van der Waals surface area (Å²) in [7, 11) is -1.49. The number of carbonyl (C=O) groups is 1. The summed E-state index contributed by atoms with van der Waals surface area (Å²) in [6, 6.07) is 12.3. The van der Waals surface area contributed by atoms with Gasteiger partial charge < -0.3 is 19.0 Å². The van der Waals surface area contributed by atoms with Gasteiger partial charge >= 0.3 is 5.97 Å². The molecule has 0 saturated heterocycles. The van der Waals surface area contributed by atoms with Crippen LogP contribution in [0.3, 0.4) is 0 Å². The number of aromatic nitrogens is 4. The zero-order chi connectivity index (χ0) is 27.4. The number of fused-ring (bicyclic) bond motifs is 5. The normalized spacial score (nSPS) is 18.1. The van der Waals surface area contributed by atoms with E-state index in [0.29, 0.717) is 23.4 Å². The first-order valence-corrected chi connectivity index (χ1v) is 17.2. The molecule has 0 aliphatic carbocycles. The summed E-state index contributed by atoms with van der Waals surface area (Å²) in [5, 5.41) is 12.3. The van der Waals surface area contributed by atoms with E-state index < -0.39 is 19.6 Å². The lowest BCUT2D eigenvalue weighted by Gasteiger charge is -2.31. The van der Waals surface area contributed by atoms with Gasteiger partial charge in [0.25, 0.3) is 5.56 Å². The van der Waals surface area contributed by atoms with Gasteiger partial charge in [0.2, 0.25) is 0 Å². The van der Waals surface area contributed by atoms with Gasteiger partial charge in [-0.1, -0.05) is 50.3 Å². The molecule has 6 rings (SSSR count). The molecule has 8 nitrogen and oxygen atoms in total. The lowest BCUT2D eigenvalue weighted by atomic mass is 9.86. The number of pyridine rings is 2. The highest BCUT2D eigenvalue weighted by atomic mass is 28.3. The van der Waals surface area contributed by atoms with Crippen LogP contribution in [0.2, 0.25) is 25.2 Å². The van der Waals surface area contributed by atoms with Gasteiger partial charge in [-0.25, -0.2) is 14.8 Å². The standard InChI is InChI=1S/C30H34N4O4Si/c1-4-30(37)24-16-26-27-22(17-34(26)28(35)23(24)18-38-29(30)36)20(21-8-5-6-9-25(21)32-27)10-15-39(2,3)14-7-12-33-13-11-31-19-33/h5-6,8-9,11,13,16,19,37H,4,7,10,12,14-15,17-18H2,1-3H3/t30-/m0/s1. The average Bonchev–Trinajstić information content (AvgIpc) is 3.57. The molecule has 4 aromatic rings. The number of para-hydroxylation sites is 1. The summed E-state index contributed by atoms with van der Waals surface area (Å²) >= 11 is 0. The van der Waals surface area contributed by atoms with E-state index in [1.54, 1.807) is 17.6 Å². The van der Waals surface area contributed by atoms with Gasteiger partial charge in [-0.3, -0.25) is 4.79 Å². The first-order valence-electron chi connectivity index (χ1n) is 13.8. The molecule has 1 atom stereocenters. The van der Waals surface area contributed by atoms with Gasteiger partial charge in [-0.2, -0.15) is 0 Å². The lowest BCUT2D eigenvalue weighted by Crippen LogP contribution is -2.44. The molecule has 0 spiro atoms. The number of ether oxygens (including phenoxy) is 1. The topological polar surface area (TPSA) is 99.2 Å². The second-order valence-electron chi connectivity index (χ2n) is 11.6. The van der Waals surface area contributed by atoms with E-state index in [9.17, 15) is 14.7 Å². The molecule has 0 radical (unpaired) electrons. The van der Waals surface area contributed by atoms with Crippen molar-refractivity contribution in [3.05, 3.63) is 81.7 Å². The van der Waals surface area contributed by atoms with Crippen LogP contribution in [0.25, 0.3) is 22.3 Å². The van der Waals surface area contributed by atoms with Gasteiger partial charge in [0.15, 0.2) is 5.60 Å². The van der Waals surface area contributed by atoms with Gasteiger partial charge in [0, 0.05) is 43.5 Å². The SMILES string of the molecule is CC[C@@]1(O)C(=O)OCc2c1cc1n(c2=O)Cc2c-1nc1ccccc1c2CC[Si](C)(C)CCCn1ccnc1. The Morgan fingerprint density at radius 3 is 2.74 bits per heavy atom. The maximum atomic E-state index is 13.7. The number of hydrogen-bond acceptors (Lipinski definition) is 6. The quantitative estimate of drug-likeness (QED) is 0.227. The first-order chi connectivity index (χ1) is 18.7. The van der Waals surface area contributed by atoms with E-state index in [4.69, 9.17) is 9.72 Å². The fourth-order valence-corrected chi connectivity index (χ4v) is 8.44. The fourth-order valence-electron chi connectivity index (χ4n) is 6.15. The largest absolute Gasteiger partial charge is 0.458 e. The van der Waals surface area contributed by atoms with Crippen LogP contribution in [0.4, 0.5) is 0 Å². The van der Waals surface area contributed by atoms with Crippen molar-refractivity contribution in [1.29, 1.82) is 0 Å². The molecule has 0 amide bonds. The molecular formula is C30H34N4O4Si. The molecule has 0 unspecified atom stereocenters. The summed E-state index contributed by atoms with van der Waals surface area (Å²) in [5.41, 5.74) is 3.34. The Hall–Kier alpha value is -3.56. The van der Waals surface area contributed by atoms with Crippen LogP contribution in [0, 0.1) is 0 Å². The second kappa shape index (κ2) is 9.57. The molecule has 0 saturated carbocycles. The van der Waals surface area contributed by atoms with Crippen LogP contribution in [0.15, 0.2) is 53.8 Å². The predicted octanol–water partition coefficient (Wildman–Crippen LogP) is 4.62. The van der Waals surface area contributed by atoms with Gasteiger partial charge in [-0.15, -0.1) is 0 Å². The Morgan fingerprint density at radius 2 is 1.97 bits per heavy atom. The van der Waals surface area contributed by atoms with Crippen molar-refractivity contribution >= 4 is 24.9 Å². The summed E-state index contributed by atoms with van der Waals surface area (Å²) in [6.45, 7) is 7.95. The van der Waals surface area contributed by atoms with Crippen molar-refractivity contribution in [1.82, 2.24) is 19.1 Å². The van der Waals surface area contributed by atoms with Crippen molar-refractivity contribution in [3.63, 3.8) is 0 Å². The number of rotatable bonds is 8. The highest BCUT2D eigenvalue weighted by molar-refractivity contribution is 6.77. The van der Waals surface area contributed by atoms with E-state index in [1.165, 1.54) is 11.6 Å². The van der Waals surface area contributed by atoms with Gasteiger partial charge in [-0.05, 0) is 37.0 Å². The molecule has 9 heteroatoms. The Balaban J connectivity index is 1.37. The molecule has 3 aromatic heterocycles. The minimum Gasteiger partial charge on any atom is -0.458 e. The summed E-state index contributed by atoms with van der Waals surface area (Å²) in [4.78, 5) is 35.3.